The second-order valence-corrected chi connectivity index (χ2v) is 20.1. The molecule has 0 unspecified atom stereocenters. The molecule has 0 aliphatic carbocycles. The summed E-state index contributed by atoms with van der Waals surface area (Å²) in [5.41, 5.74) is 12.8. The fourth-order valence-corrected chi connectivity index (χ4v) is 7.40. The summed E-state index contributed by atoms with van der Waals surface area (Å²) in [6.45, 7) is 32.4. The minimum Gasteiger partial charge on any atom is -0.477 e. The molecule has 2 heterocycles. The van der Waals surface area contributed by atoms with Crippen molar-refractivity contribution in [1.82, 2.24) is 9.80 Å². The van der Waals surface area contributed by atoms with E-state index in [-0.39, 0.29) is 21.7 Å². The number of benzene rings is 4. The summed E-state index contributed by atoms with van der Waals surface area (Å²) in [6.07, 6.45) is 1.92. The highest BCUT2D eigenvalue weighted by Crippen LogP contribution is 2.42. The molecule has 0 fully saturated rings. The first-order chi connectivity index (χ1) is 26.2. The molecule has 6 rings (SSSR count). The molecule has 4 nitrogen and oxygen atoms in total. The van der Waals surface area contributed by atoms with Crippen molar-refractivity contribution in [3.8, 4) is 35.2 Å². The highest BCUT2D eigenvalue weighted by molar-refractivity contribution is 5.52. The maximum atomic E-state index is 6.42. The van der Waals surface area contributed by atoms with Gasteiger partial charge in [0.25, 0.3) is 0 Å². The molecule has 4 heteroatoms. The summed E-state index contributed by atoms with van der Waals surface area (Å²) in [5.74, 6) is 14.7. The van der Waals surface area contributed by atoms with E-state index in [2.05, 4.69) is 189 Å². The van der Waals surface area contributed by atoms with Crippen LogP contribution in [0.25, 0.3) is 0 Å². The Morgan fingerprint density at radius 2 is 0.839 bits per heavy atom. The van der Waals surface area contributed by atoms with Crippen LogP contribution in [-0.2, 0) is 47.6 Å². The third-order valence-corrected chi connectivity index (χ3v) is 11.1. The van der Waals surface area contributed by atoms with Gasteiger partial charge in [-0.05, 0) is 92.9 Å². The van der Waals surface area contributed by atoms with Crippen LogP contribution in [0.15, 0.2) is 72.8 Å². The summed E-state index contributed by atoms with van der Waals surface area (Å²) in [5, 5.41) is 0. The normalized spacial score (nSPS) is 15.0. The minimum absolute atomic E-state index is 0.0309. The second-order valence-electron chi connectivity index (χ2n) is 20.1. The lowest BCUT2D eigenvalue weighted by Crippen LogP contribution is -2.35. The summed E-state index contributed by atoms with van der Waals surface area (Å²) < 4.78 is 12.8. The fraction of sp³-hybridized carbons (Fsp3) is 0.462. The Labute approximate surface area is 339 Å². The maximum Gasteiger partial charge on any atom is 0.142 e. The zero-order valence-corrected chi connectivity index (χ0v) is 36.3. The third kappa shape index (κ3) is 10.3. The number of fused-ring (bicyclic) bond motifs is 2. The number of nitrogens with zero attached hydrogens (tertiary/aromatic N) is 2. The predicted octanol–water partition coefficient (Wildman–Crippen LogP) is 11.1. The Bertz CT molecular complexity index is 1990. The van der Waals surface area contributed by atoms with Crippen LogP contribution in [0.1, 0.15) is 139 Å². The Kier molecular flexibility index (Phi) is 11.9. The van der Waals surface area contributed by atoms with Crippen molar-refractivity contribution >= 4 is 0 Å². The molecule has 0 atom stereocenters. The minimum atomic E-state index is 0.0309. The van der Waals surface area contributed by atoms with Gasteiger partial charge in [-0.2, -0.15) is 0 Å². The van der Waals surface area contributed by atoms with E-state index >= 15 is 0 Å². The van der Waals surface area contributed by atoms with Crippen molar-refractivity contribution in [3.63, 3.8) is 0 Å². The van der Waals surface area contributed by atoms with Gasteiger partial charge in [0, 0.05) is 59.6 Å². The van der Waals surface area contributed by atoms with E-state index < -0.39 is 0 Å². The van der Waals surface area contributed by atoms with Crippen molar-refractivity contribution in [2.75, 3.05) is 26.6 Å². The van der Waals surface area contributed by atoms with Crippen LogP contribution in [0.4, 0.5) is 0 Å². The first-order valence-corrected chi connectivity index (χ1v) is 20.5. The monoisotopic (exact) mass is 748 g/mol. The van der Waals surface area contributed by atoms with Gasteiger partial charge < -0.3 is 9.47 Å². The molecule has 0 saturated heterocycles. The Balaban J connectivity index is 0.989. The predicted molar refractivity (Wildman–Crippen MR) is 234 cm³/mol. The number of ether oxygens (including phenoxy) is 2. The molecule has 0 radical (unpaired) electrons. The highest BCUT2D eigenvalue weighted by atomic mass is 16.5. The molecule has 2 aliphatic rings. The summed E-state index contributed by atoms with van der Waals surface area (Å²) >= 11 is 0. The fourth-order valence-electron chi connectivity index (χ4n) is 7.40. The summed E-state index contributed by atoms with van der Waals surface area (Å²) in [4.78, 5) is 4.81. The lowest BCUT2D eigenvalue weighted by molar-refractivity contribution is 0.0941. The number of hydrogen-bond acceptors (Lipinski definition) is 4. The van der Waals surface area contributed by atoms with Crippen molar-refractivity contribution in [2.24, 2.45) is 0 Å². The Hall–Kier alpha value is -4.48. The molecule has 0 amide bonds. The van der Waals surface area contributed by atoms with Crippen LogP contribution in [-0.4, -0.2) is 36.4 Å². The van der Waals surface area contributed by atoms with Crippen LogP contribution in [0.2, 0.25) is 0 Å². The highest BCUT2D eigenvalue weighted by Gasteiger charge is 2.31. The zero-order chi connectivity index (χ0) is 40.5. The lowest BCUT2D eigenvalue weighted by Gasteiger charge is -2.35. The summed E-state index contributed by atoms with van der Waals surface area (Å²) in [7, 11) is 0. The molecule has 0 bridgehead atoms. The molecule has 0 saturated carbocycles. The van der Waals surface area contributed by atoms with Gasteiger partial charge in [0.05, 0.1) is 0 Å². The topological polar surface area (TPSA) is 24.9 Å². The van der Waals surface area contributed by atoms with Crippen LogP contribution >= 0.6 is 0 Å². The largest absolute Gasteiger partial charge is 0.477 e. The van der Waals surface area contributed by atoms with E-state index in [9.17, 15) is 0 Å². The van der Waals surface area contributed by atoms with Gasteiger partial charge in [0.2, 0.25) is 0 Å². The van der Waals surface area contributed by atoms with Gasteiger partial charge in [-0.25, -0.2) is 0 Å². The Morgan fingerprint density at radius 3 is 1.16 bits per heavy atom. The van der Waals surface area contributed by atoms with E-state index in [1.807, 2.05) is 0 Å². The average Bonchev–Trinajstić information content (AvgIpc) is 3.13. The van der Waals surface area contributed by atoms with E-state index in [1.54, 1.807) is 0 Å². The van der Waals surface area contributed by atoms with Crippen LogP contribution in [0.3, 0.4) is 0 Å². The van der Waals surface area contributed by atoms with Crippen molar-refractivity contribution in [3.05, 3.63) is 128 Å². The molecule has 56 heavy (non-hydrogen) atoms. The third-order valence-electron chi connectivity index (χ3n) is 11.1. The molecule has 2 aliphatic heterocycles. The standard InChI is InChI=1S/C52H64N2O2/c1-49(2,3)43-29-41-33-53(35-55-47(41)45(31-43)51(7,8)9)27-25-39-21-17-37(18-22-39)15-13-14-16-38-19-23-40(24-20-38)26-28-54-34-42-30-44(50(4,5)6)32-46(52(10,11)12)48(42)56-36-54/h17-24,29-32H,25-28,33-36H2,1-12H3. The molecular weight excluding hydrogens is 685 g/mol. The Morgan fingerprint density at radius 1 is 0.482 bits per heavy atom. The van der Waals surface area contributed by atoms with Gasteiger partial charge in [-0.15, -0.1) is 0 Å². The van der Waals surface area contributed by atoms with Gasteiger partial charge in [-0.3, -0.25) is 9.80 Å². The van der Waals surface area contributed by atoms with E-state index in [4.69, 9.17) is 9.47 Å². The SMILES string of the molecule is CC(C)(C)c1cc2c(c(C(C)(C)C)c1)OCN(CCc1ccc(C#CC#Cc3ccc(CCN4COc5c(cc(C(C)(C)C)cc5C(C)(C)C)C4)cc3)cc1)C2. The number of rotatable bonds is 6. The van der Waals surface area contributed by atoms with Crippen LogP contribution in [0.5, 0.6) is 11.5 Å². The smallest absolute Gasteiger partial charge is 0.142 e. The molecular formula is C52H64N2O2. The first kappa shape index (κ1) is 41.2. The molecule has 4 aromatic rings. The van der Waals surface area contributed by atoms with Crippen molar-refractivity contribution in [1.29, 1.82) is 0 Å². The first-order valence-electron chi connectivity index (χ1n) is 20.5. The zero-order valence-electron chi connectivity index (χ0n) is 36.3. The number of hydrogen-bond donors (Lipinski definition) is 0. The maximum absolute atomic E-state index is 6.42. The van der Waals surface area contributed by atoms with E-state index in [0.717, 1.165) is 61.6 Å². The van der Waals surface area contributed by atoms with Crippen molar-refractivity contribution < 1.29 is 9.47 Å². The summed E-state index contributed by atoms with van der Waals surface area (Å²) in [6, 6.07) is 26.6. The molecule has 294 valence electrons. The van der Waals surface area contributed by atoms with Gasteiger partial charge in [-0.1, -0.05) is 143 Å². The van der Waals surface area contributed by atoms with E-state index in [1.165, 1.54) is 44.5 Å². The molecule has 4 aromatic carbocycles. The van der Waals surface area contributed by atoms with Crippen LogP contribution in [0, 0.1) is 23.7 Å². The lowest BCUT2D eigenvalue weighted by atomic mass is 9.78. The molecule has 0 aromatic heterocycles. The van der Waals surface area contributed by atoms with E-state index in [0.29, 0.717) is 13.5 Å². The van der Waals surface area contributed by atoms with Crippen LogP contribution < -0.4 is 9.47 Å². The van der Waals surface area contributed by atoms with Crippen molar-refractivity contribution in [2.45, 2.75) is 131 Å². The molecule has 0 N–H and O–H groups in total. The van der Waals surface area contributed by atoms with Gasteiger partial charge in [0.1, 0.15) is 25.0 Å². The van der Waals surface area contributed by atoms with Gasteiger partial charge >= 0.3 is 0 Å². The quantitative estimate of drug-likeness (QED) is 0.183. The second kappa shape index (κ2) is 16.2. The average molecular weight is 749 g/mol. The molecule has 0 spiro atoms. The van der Waals surface area contributed by atoms with Gasteiger partial charge in [0.15, 0.2) is 0 Å².